The van der Waals surface area contributed by atoms with Gasteiger partial charge < -0.3 is 5.32 Å². The summed E-state index contributed by atoms with van der Waals surface area (Å²) in [6, 6.07) is 7.87. The van der Waals surface area contributed by atoms with Crippen molar-refractivity contribution in [3.05, 3.63) is 56.4 Å². The van der Waals surface area contributed by atoms with Gasteiger partial charge in [-0.25, -0.2) is 9.67 Å². The van der Waals surface area contributed by atoms with Gasteiger partial charge >= 0.3 is 0 Å². The first-order valence-electron chi connectivity index (χ1n) is 8.56. The molecule has 0 saturated heterocycles. The van der Waals surface area contributed by atoms with Crippen molar-refractivity contribution < 1.29 is 4.79 Å². The Hall–Kier alpha value is -2.54. The number of benzene rings is 1. The maximum atomic E-state index is 12.6. The molecule has 136 valence electrons. The van der Waals surface area contributed by atoms with Crippen molar-refractivity contribution in [2.45, 2.75) is 46.7 Å². The number of aryl methyl sites for hydroxylation is 2. The van der Waals surface area contributed by atoms with Crippen molar-refractivity contribution in [1.29, 1.82) is 0 Å². The topological polar surface area (TPSA) is 76.9 Å². The lowest BCUT2D eigenvalue weighted by molar-refractivity contribution is -0.122. The fraction of sp³-hybridized carbons (Fsp3) is 0.368. The van der Waals surface area contributed by atoms with Crippen LogP contribution in [0.1, 0.15) is 41.6 Å². The summed E-state index contributed by atoms with van der Waals surface area (Å²) >= 11 is 1.50. The van der Waals surface area contributed by atoms with E-state index in [0.29, 0.717) is 12.1 Å². The highest BCUT2D eigenvalue weighted by atomic mass is 32.1. The predicted octanol–water partition coefficient (Wildman–Crippen LogP) is 2.91. The molecule has 3 rings (SSSR count). The molecule has 0 unspecified atom stereocenters. The van der Waals surface area contributed by atoms with Crippen LogP contribution >= 0.6 is 11.3 Å². The SMILES string of the molecule is Cc1ccccc1CNC(=O)Cn1nc(C)c2sc(C(C)C)nc2c1=O. The summed E-state index contributed by atoms with van der Waals surface area (Å²) in [5, 5.41) is 8.06. The Bertz CT molecular complexity index is 1020. The first-order valence-corrected chi connectivity index (χ1v) is 9.38. The number of amides is 1. The zero-order valence-corrected chi connectivity index (χ0v) is 16.2. The first-order chi connectivity index (χ1) is 12.4. The Balaban J connectivity index is 1.80. The largest absolute Gasteiger partial charge is 0.350 e. The molecule has 0 aliphatic rings. The molecule has 2 aromatic heterocycles. The van der Waals surface area contributed by atoms with Crippen molar-refractivity contribution in [3.63, 3.8) is 0 Å². The Labute approximate surface area is 155 Å². The second-order valence-corrected chi connectivity index (χ2v) is 7.67. The zero-order valence-electron chi connectivity index (χ0n) is 15.4. The van der Waals surface area contributed by atoms with Crippen LogP contribution in [0.3, 0.4) is 0 Å². The molecule has 0 radical (unpaired) electrons. The highest BCUT2D eigenvalue weighted by Crippen LogP contribution is 2.26. The lowest BCUT2D eigenvalue weighted by Crippen LogP contribution is -2.34. The van der Waals surface area contributed by atoms with Gasteiger partial charge in [-0.05, 0) is 25.0 Å². The molecule has 2 heterocycles. The van der Waals surface area contributed by atoms with E-state index in [1.807, 2.05) is 52.0 Å². The molecule has 0 aliphatic carbocycles. The maximum Gasteiger partial charge on any atom is 0.294 e. The molecule has 26 heavy (non-hydrogen) atoms. The molecule has 1 amide bonds. The monoisotopic (exact) mass is 370 g/mol. The van der Waals surface area contributed by atoms with Crippen molar-refractivity contribution in [2.24, 2.45) is 0 Å². The van der Waals surface area contributed by atoms with Gasteiger partial charge in [0.2, 0.25) is 5.91 Å². The summed E-state index contributed by atoms with van der Waals surface area (Å²) in [4.78, 5) is 29.4. The Morgan fingerprint density at radius 1 is 1.27 bits per heavy atom. The van der Waals surface area contributed by atoms with E-state index < -0.39 is 0 Å². The van der Waals surface area contributed by atoms with Crippen LogP contribution < -0.4 is 10.9 Å². The number of rotatable bonds is 5. The minimum absolute atomic E-state index is 0.115. The molecule has 0 saturated carbocycles. The normalized spacial score (nSPS) is 11.3. The van der Waals surface area contributed by atoms with Crippen LogP contribution in [0, 0.1) is 13.8 Å². The Morgan fingerprint density at radius 3 is 2.69 bits per heavy atom. The summed E-state index contributed by atoms with van der Waals surface area (Å²) < 4.78 is 2.00. The van der Waals surface area contributed by atoms with Gasteiger partial charge in [-0.15, -0.1) is 11.3 Å². The minimum Gasteiger partial charge on any atom is -0.350 e. The number of hydrogen-bond donors (Lipinski definition) is 1. The average Bonchev–Trinajstić information content (AvgIpc) is 3.05. The third-order valence-electron chi connectivity index (χ3n) is 4.20. The smallest absolute Gasteiger partial charge is 0.294 e. The molecule has 1 N–H and O–H groups in total. The minimum atomic E-state index is -0.320. The molecule has 1 aromatic carbocycles. The summed E-state index contributed by atoms with van der Waals surface area (Å²) in [6.45, 7) is 8.23. The molecule has 0 fully saturated rings. The van der Waals surface area contributed by atoms with Crippen LogP contribution in [-0.2, 0) is 17.9 Å². The van der Waals surface area contributed by atoms with Crippen LogP contribution in [0.5, 0.6) is 0 Å². The number of nitrogens with zero attached hydrogens (tertiary/aromatic N) is 3. The van der Waals surface area contributed by atoms with Crippen molar-refractivity contribution >= 4 is 27.5 Å². The predicted molar refractivity (Wildman–Crippen MR) is 104 cm³/mol. The molecule has 6 nitrogen and oxygen atoms in total. The van der Waals surface area contributed by atoms with Gasteiger partial charge in [0.25, 0.3) is 5.56 Å². The van der Waals surface area contributed by atoms with Gasteiger partial charge in [0.15, 0.2) is 5.52 Å². The second-order valence-electron chi connectivity index (χ2n) is 6.64. The van der Waals surface area contributed by atoms with E-state index in [2.05, 4.69) is 15.4 Å². The number of aromatic nitrogens is 3. The van der Waals surface area contributed by atoms with Gasteiger partial charge in [0.05, 0.1) is 15.4 Å². The second kappa shape index (κ2) is 7.37. The number of fused-ring (bicyclic) bond motifs is 1. The number of carbonyl (C=O) groups excluding carboxylic acids is 1. The van der Waals surface area contributed by atoms with Crippen LogP contribution in [0.4, 0.5) is 0 Å². The van der Waals surface area contributed by atoms with Crippen molar-refractivity contribution in [1.82, 2.24) is 20.1 Å². The fourth-order valence-electron chi connectivity index (χ4n) is 2.67. The number of thiazole rings is 1. The van der Waals surface area contributed by atoms with Crippen LogP contribution in [0.25, 0.3) is 10.2 Å². The van der Waals surface area contributed by atoms with E-state index in [1.54, 1.807) is 0 Å². The molecule has 0 aliphatic heterocycles. The van der Waals surface area contributed by atoms with E-state index in [1.165, 1.54) is 16.0 Å². The number of hydrogen-bond acceptors (Lipinski definition) is 5. The molecule has 3 aromatic rings. The van der Waals surface area contributed by atoms with E-state index in [0.717, 1.165) is 26.5 Å². The lowest BCUT2D eigenvalue weighted by atomic mass is 10.1. The van der Waals surface area contributed by atoms with Crippen LogP contribution in [0.2, 0.25) is 0 Å². The summed E-state index contributed by atoms with van der Waals surface area (Å²) in [5.74, 6) is -0.00187. The van der Waals surface area contributed by atoms with Gasteiger partial charge in [0.1, 0.15) is 6.54 Å². The molecule has 0 bridgehead atoms. The first kappa shape index (κ1) is 18.3. The number of nitrogens with one attached hydrogen (secondary N) is 1. The van der Waals surface area contributed by atoms with Gasteiger partial charge in [-0.3, -0.25) is 9.59 Å². The average molecular weight is 370 g/mol. The Kier molecular flexibility index (Phi) is 5.18. The fourth-order valence-corrected chi connectivity index (χ4v) is 3.67. The Morgan fingerprint density at radius 2 is 2.00 bits per heavy atom. The van der Waals surface area contributed by atoms with Crippen molar-refractivity contribution in [3.8, 4) is 0 Å². The van der Waals surface area contributed by atoms with Crippen molar-refractivity contribution in [2.75, 3.05) is 0 Å². The van der Waals surface area contributed by atoms with Crippen LogP contribution in [-0.4, -0.2) is 20.7 Å². The molecule has 7 heteroatoms. The molecular weight excluding hydrogens is 348 g/mol. The quantitative estimate of drug-likeness (QED) is 0.749. The third kappa shape index (κ3) is 3.67. The number of carbonyl (C=O) groups is 1. The molecule has 0 atom stereocenters. The van der Waals surface area contributed by atoms with Gasteiger partial charge in [0, 0.05) is 12.5 Å². The van der Waals surface area contributed by atoms with E-state index in [9.17, 15) is 9.59 Å². The standard InChI is InChI=1S/C19H22N4O2S/c1-11(2)18-21-16-17(26-18)13(4)22-23(19(16)25)10-15(24)20-9-14-8-6-5-7-12(14)3/h5-8,11H,9-10H2,1-4H3,(H,20,24). The van der Waals surface area contributed by atoms with Crippen LogP contribution in [0.15, 0.2) is 29.1 Å². The zero-order chi connectivity index (χ0) is 18.8. The van der Waals surface area contributed by atoms with Gasteiger partial charge in [-0.2, -0.15) is 5.10 Å². The summed E-state index contributed by atoms with van der Waals surface area (Å²) in [5.41, 5.74) is 2.96. The summed E-state index contributed by atoms with van der Waals surface area (Å²) in [6.07, 6.45) is 0. The highest BCUT2D eigenvalue weighted by Gasteiger charge is 2.16. The van der Waals surface area contributed by atoms with E-state index in [4.69, 9.17) is 0 Å². The molecule has 0 spiro atoms. The van der Waals surface area contributed by atoms with Gasteiger partial charge in [-0.1, -0.05) is 38.1 Å². The van der Waals surface area contributed by atoms with E-state index >= 15 is 0 Å². The summed E-state index contributed by atoms with van der Waals surface area (Å²) in [7, 11) is 0. The third-order valence-corrected chi connectivity index (χ3v) is 5.67. The highest BCUT2D eigenvalue weighted by molar-refractivity contribution is 7.18. The van der Waals surface area contributed by atoms with E-state index in [-0.39, 0.29) is 23.9 Å². The maximum absolute atomic E-state index is 12.6. The molecular formula is C19H22N4O2S. The lowest BCUT2D eigenvalue weighted by Gasteiger charge is -2.09.